The maximum absolute atomic E-state index is 14.8. The smallest absolute Gasteiger partial charge is 0.261 e. The summed E-state index contributed by atoms with van der Waals surface area (Å²) in [6.45, 7) is 1.98. The minimum atomic E-state index is -1.20. The van der Waals surface area contributed by atoms with Crippen molar-refractivity contribution in [1.29, 1.82) is 0 Å². The molecule has 9 heteroatoms. The number of furan rings is 1. The summed E-state index contributed by atoms with van der Waals surface area (Å²) in [6, 6.07) is 11.5. The molecule has 0 radical (unpaired) electrons. The largest absolute Gasteiger partial charge is 0.467 e. The van der Waals surface area contributed by atoms with Gasteiger partial charge in [-0.1, -0.05) is 37.6 Å². The summed E-state index contributed by atoms with van der Waals surface area (Å²) >= 11 is 1.26. The lowest BCUT2D eigenvalue weighted by molar-refractivity contribution is -0.140. The van der Waals surface area contributed by atoms with Gasteiger partial charge in [-0.3, -0.25) is 14.4 Å². The highest BCUT2D eigenvalue weighted by atomic mass is 32.1. The van der Waals surface area contributed by atoms with E-state index in [1.165, 1.54) is 40.7 Å². The Morgan fingerprint density at radius 2 is 1.91 bits per heavy atom. The first kappa shape index (κ1) is 24.2. The van der Waals surface area contributed by atoms with E-state index in [0.29, 0.717) is 17.1 Å². The lowest BCUT2D eigenvalue weighted by Crippen LogP contribution is -2.47. The minimum absolute atomic E-state index is 0.0866. The van der Waals surface area contributed by atoms with E-state index in [0.717, 1.165) is 6.42 Å². The molecule has 3 amide bonds. The van der Waals surface area contributed by atoms with Crippen LogP contribution in [0, 0.1) is 5.82 Å². The molecule has 0 saturated heterocycles. The molecule has 2 heterocycles. The maximum atomic E-state index is 14.8. The first-order valence-electron chi connectivity index (χ1n) is 10.7. The number of thiophene rings is 1. The third-order valence-corrected chi connectivity index (χ3v) is 5.86. The molecular formula is C24H26FN3O4S. The summed E-state index contributed by atoms with van der Waals surface area (Å²) in [5.41, 5.74) is 0.0866. The van der Waals surface area contributed by atoms with E-state index in [1.807, 2.05) is 6.92 Å². The first-order chi connectivity index (χ1) is 16.0. The predicted molar refractivity (Wildman–Crippen MR) is 123 cm³/mol. The highest BCUT2D eigenvalue weighted by molar-refractivity contribution is 7.12. The van der Waals surface area contributed by atoms with Crippen LogP contribution in [0.1, 0.15) is 46.8 Å². The molecule has 0 aliphatic rings. The Morgan fingerprint density at radius 1 is 1.09 bits per heavy atom. The van der Waals surface area contributed by atoms with E-state index in [2.05, 4.69) is 10.6 Å². The monoisotopic (exact) mass is 471 g/mol. The second kappa shape index (κ2) is 12.0. The standard InChI is InChI=1S/C24H26FN3O4S/c1-2-3-12-28(21(29)16-27-23(30)20-11-7-14-33-20)22(18-9-4-5-10-19(18)25)24(31)26-15-17-8-6-13-32-17/h4-11,13-14,22H,2-3,12,15-16H2,1H3,(H,26,31)(H,27,30)/t22-/m1/s1. The summed E-state index contributed by atoms with van der Waals surface area (Å²) in [5.74, 6) is -1.45. The third kappa shape index (κ3) is 6.52. The zero-order valence-electron chi connectivity index (χ0n) is 18.3. The van der Waals surface area contributed by atoms with Gasteiger partial charge in [0.15, 0.2) is 0 Å². The molecule has 33 heavy (non-hydrogen) atoms. The number of unbranched alkanes of at least 4 members (excludes halogenated alkanes) is 1. The topological polar surface area (TPSA) is 91.7 Å². The van der Waals surface area contributed by atoms with E-state index in [9.17, 15) is 18.8 Å². The molecular weight excluding hydrogens is 445 g/mol. The van der Waals surface area contributed by atoms with Crippen molar-refractivity contribution < 1.29 is 23.2 Å². The quantitative estimate of drug-likeness (QED) is 0.444. The average Bonchev–Trinajstić information content (AvgIpc) is 3.54. The van der Waals surface area contributed by atoms with Crippen molar-refractivity contribution in [3.63, 3.8) is 0 Å². The second-order valence-corrected chi connectivity index (χ2v) is 8.27. The van der Waals surface area contributed by atoms with Gasteiger partial charge in [0.25, 0.3) is 5.91 Å². The lowest BCUT2D eigenvalue weighted by Gasteiger charge is -2.31. The first-order valence-corrected chi connectivity index (χ1v) is 11.5. The Hall–Kier alpha value is -3.46. The van der Waals surface area contributed by atoms with Gasteiger partial charge in [-0.15, -0.1) is 11.3 Å². The van der Waals surface area contributed by atoms with Gasteiger partial charge < -0.3 is 20.0 Å². The Morgan fingerprint density at radius 3 is 2.58 bits per heavy atom. The number of carbonyl (C=O) groups excluding carboxylic acids is 3. The molecule has 0 fully saturated rings. The van der Waals surface area contributed by atoms with Crippen LogP contribution in [0.4, 0.5) is 4.39 Å². The molecule has 0 spiro atoms. The van der Waals surface area contributed by atoms with Gasteiger partial charge in [-0.2, -0.15) is 0 Å². The number of amides is 3. The lowest BCUT2D eigenvalue weighted by atomic mass is 10.0. The molecule has 7 nitrogen and oxygen atoms in total. The number of carbonyl (C=O) groups is 3. The van der Waals surface area contributed by atoms with E-state index in [4.69, 9.17) is 4.42 Å². The Kier molecular flexibility index (Phi) is 8.77. The van der Waals surface area contributed by atoms with Crippen LogP contribution in [-0.4, -0.2) is 35.7 Å². The number of nitrogens with one attached hydrogen (secondary N) is 2. The summed E-state index contributed by atoms with van der Waals surface area (Å²) < 4.78 is 20.0. The molecule has 0 aliphatic heterocycles. The average molecular weight is 472 g/mol. The molecule has 1 atom stereocenters. The summed E-state index contributed by atoms with van der Waals surface area (Å²) in [6.07, 6.45) is 2.87. The van der Waals surface area contributed by atoms with E-state index < -0.39 is 23.7 Å². The van der Waals surface area contributed by atoms with Gasteiger partial charge in [0.2, 0.25) is 11.8 Å². The predicted octanol–water partition coefficient (Wildman–Crippen LogP) is 3.90. The fourth-order valence-electron chi connectivity index (χ4n) is 3.31. The van der Waals surface area contributed by atoms with Crippen LogP contribution in [0.3, 0.4) is 0 Å². The van der Waals surface area contributed by atoms with Gasteiger partial charge >= 0.3 is 0 Å². The van der Waals surface area contributed by atoms with Gasteiger partial charge in [0.1, 0.15) is 17.6 Å². The fraction of sp³-hybridized carbons (Fsp3) is 0.292. The number of rotatable bonds is 11. The normalized spacial score (nSPS) is 11.6. The van der Waals surface area contributed by atoms with Gasteiger partial charge in [-0.25, -0.2) is 4.39 Å². The molecule has 3 aromatic rings. The number of halogens is 1. The molecule has 2 N–H and O–H groups in total. The van der Waals surface area contributed by atoms with Crippen molar-refractivity contribution in [2.24, 2.45) is 0 Å². The third-order valence-electron chi connectivity index (χ3n) is 4.99. The fourth-order valence-corrected chi connectivity index (χ4v) is 3.95. The molecule has 0 unspecified atom stereocenters. The van der Waals surface area contributed by atoms with Crippen molar-refractivity contribution in [1.82, 2.24) is 15.5 Å². The van der Waals surface area contributed by atoms with Gasteiger partial charge in [0, 0.05) is 12.1 Å². The second-order valence-electron chi connectivity index (χ2n) is 7.32. The number of benzene rings is 1. The molecule has 174 valence electrons. The minimum Gasteiger partial charge on any atom is -0.467 e. The van der Waals surface area contributed by atoms with Crippen LogP contribution in [0.2, 0.25) is 0 Å². The van der Waals surface area contributed by atoms with Crippen LogP contribution in [0.25, 0.3) is 0 Å². The molecule has 1 aromatic carbocycles. The van der Waals surface area contributed by atoms with Crippen LogP contribution >= 0.6 is 11.3 Å². The zero-order chi connectivity index (χ0) is 23.6. The molecule has 0 aliphatic carbocycles. The van der Waals surface area contributed by atoms with Crippen molar-refractivity contribution in [2.45, 2.75) is 32.4 Å². The Labute approximate surface area is 195 Å². The Bertz CT molecular complexity index is 1050. The van der Waals surface area contributed by atoms with Crippen molar-refractivity contribution in [3.8, 4) is 0 Å². The number of hydrogen-bond donors (Lipinski definition) is 2. The summed E-state index contributed by atoms with van der Waals surface area (Å²) in [5, 5.41) is 7.09. The molecule has 3 rings (SSSR count). The van der Waals surface area contributed by atoms with Crippen molar-refractivity contribution in [3.05, 3.63) is 82.2 Å². The summed E-state index contributed by atoms with van der Waals surface area (Å²) in [7, 11) is 0. The van der Waals surface area contributed by atoms with Gasteiger partial charge in [0.05, 0.1) is 24.2 Å². The van der Waals surface area contributed by atoms with Crippen LogP contribution in [0.15, 0.2) is 64.6 Å². The van der Waals surface area contributed by atoms with Crippen molar-refractivity contribution >= 4 is 29.1 Å². The van der Waals surface area contributed by atoms with Crippen LogP contribution < -0.4 is 10.6 Å². The van der Waals surface area contributed by atoms with Crippen LogP contribution in [-0.2, 0) is 16.1 Å². The molecule has 0 bridgehead atoms. The number of nitrogens with zero attached hydrogens (tertiary/aromatic N) is 1. The maximum Gasteiger partial charge on any atom is 0.261 e. The summed E-state index contributed by atoms with van der Waals surface area (Å²) in [4.78, 5) is 40.5. The van der Waals surface area contributed by atoms with Gasteiger partial charge in [-0.05, 0) is 36.1 Å². The van der Waals surface area contributed by atoms with E-state index in [-0.39, 0.29) is 31.1 Å². The Balaban J connectivity index is 1.83. The van der Waals surface area contributed by atoms with Crippen molar-refractivity contribution in [2.75, 3.05) is 13.1 Å². The molecule has 2 aromatic heterocycles. The number of hydrogen-bond acceptors (Lipinski definition) is 5. The SMILES string of the molecule is CCCCN(C(=O)CNC(=O)c1cccs1)[C@@H](C(=O)NCc1ccco1)c1ccccc1F. The molecule has 0 saturated carbocycles. The highest BCUT2D eigenvalue weighted by Gasteiger charge is 2.33. The highest BCUT2D eigenvalue weighted by Crippen LogP contribution is 2.25. The van der Waals surface area contributed by atoms with E-state index in [1.54, 1.807) is 35.7 Å². The van der Waals surface area contributed by atoms with E-state index >= 15 is 0 Å². The van der Waals surface area contributed by atoms with Crippen LogP contribution in [0.5, 0.6) is 0 Å². The zero-order valence-corrected chi connectivity index (χ0v) is 19.1.